The first-order chi connectivity index (χ1) is 15.3. The number of nitrogens with one attached hydrogen (secondary N) is 1. The van der Waals surface area contributed by atoms with Crippen LogP contribution in [-0.2, 0) is 18.4 Å². The molecule has 0 saturated heterocycles. The molecule has 1 amide bonds. The maximum atomic E-state index is 13.0. The molecule has 32 heavy (non-hydrogen) atoms. The highest BCUT2D eigenvalue weighted by molar-refractivity contribution is 5.98. The Morgan fingerprint density at radius 2 is 1.94 bits per heavy atom. The predicted octanol–water partition coefficient (Wildman–Crippen LogP) is 3.92. The van der Waals surface area contributed by atoms with Crippen molar-refractivity contribution < 1.29 is 9.53 Å². The first kappa shape index (κ1) is 21.3. The van der Waals surface area contributed by atoms with Gasteiger partial charge in [0.1, 0.15) is 12.4 Å². The van der Waals surface area contributed by atoms with Crippen LogP contribution < -0.4 is 15.6 Å². The van der Waals surface area contributed by atoms with Crippen molar-refractivity contribution in [2.24, 2.45) is 7.05 Å². The van der Waals surface area contributed by atoms with Crippen molar-refractivity contribution in [2.45, 2.75) is 33.4 Å². The number of hydrogen-bond donors (Lipinski definition) is 1. The summed E-state index contributed by atoms with van der Waals surface area (Å²) < 4.78 is 9.29. The second-order valence-corrected chi connectivity index (χ2v) is 7.93. The van der Waals surface area contributed by atoms with Crippen LogP contribution in [0.15, 0.2) is 59.7 Å². The lowest BCUT2D eigenvalue weighted by Crippen LogP contribution is -2.26. The fourth-order valence-corrected chi connectivity index (χ4v) is 3.54. The van der Waals surface area contributed by atoms with Gasteiger partial charge in [0.2, 0.25) is 5.91 Å². The quantitative estimate of drug-likeness (QED) is 0.500. The van der Waals surface area contributed by atoms with E-state index in [0.29, 0.717) is 11.5 Å². The molecule has 0 bridgehead atoms. The third-order valence-corrected chi connectivity index (χ3v) is 5.08. The Morgan fingerprint density at radius 1 is 1.19 bits per heavy atom. The molecule has 0 aliphatic carbocycles. The van der Waals surface area contributed by atoms with Gasteiger partial charge in [-0.1, -0.05) is 30.3 Å². The van der Waals surface area contributed by atoms with E-state index < -0.39 is 0 Å². The van der Waals surface area contributed by atoms with Gasteiger partial charge in [-0.2, -0.15) is 5.10 Å². The molecule has 0 atom stereocenters. The molecule has 0 spiro atoms. The molecular weight excluding hydrogens is 406 g/mol. The lowest BCUT2D eigenvalue weighted by molar-refractivity contribution is -0.114. The Morgan fingerprint density at radius 3 is 2.62 bits per heavy atom. The number of anilines is 1. The standard InChI is InChI=1S/C24H25N5O3/c1-15(2)29-24(31)22(32-14-17-8-6-5-7-9-17)11-20(27-29)19-13-28(4)21-12-25-23(10-18(19)21)26-16(3)30/h5-13,15H,14H2,1-4H3,(H,25,26,30). The topological polar surface area (TPSA) is 91.0 Å². The zero-order chi connectivity index (χ0) is 22.8. The fourth-order valence-electron chi connectivity index (χ4n) is 3.54. The number of hydrogen-bond acceptors (Lipinski definition) is 5. The summed E-state index contributed by atoms with van der Waals surface area (Å²) in [6.45, 7) is 5.53. The number of aryl methyl sites for hydroxylation is 1. The number of carbonyl (C=O) groups excluding carboxylic acids is 1. The van der Waals surface area contributed by atoms with Crippen molar-refractivity contribution in [3.8, 4) is 17.0 Å². The number of benzene rings is 1. The molecule has 0 radical (unpaired) electrons. The maximum absolute atomic E-state index is 13.0. The lowest BCUT2D eigenvalue weighted by atomic mass is 10.1. The number of pyridine rings is 1. The molecule has 3 aromatic heterocycles. The van der Waals surface area contributed by atoms with Crippen molar-refractivity contribution in [3.05, 3.63) is 70.8 Å². The average Bonchev–Trinajstić information content (AvgIpc) is 3.09. The molecule has 4 rings (SSSR count). The normalized spacial score (nSPS) is 11.2. The monoisotopic (exact) mass is 431 g/mol. The summed E-state index contributed by atoms with van der Waals surface area (Å²) in [5.41, 5.74) is 2.99. The third kappa shape index (κ3) is 4.25. The number of fused-ring (bicyclic) bond motifs is 1. The highest BCUT2D eigenvalue weighted by Crippen LogP contribution is 2.31. The van der Waals surface area contributed by atoms with Gasteiger partial charge >= 0.3 is 5.56 Å². The number of aromatic nitrogens is 4. The molecule has 8 nitrogen and oxygen atoms in total. The summed E-state index contributed by atoms with van der Waals surface area (Å²) in [5, 5.41) is 8.19. The Labute approximate surface area is 185 Å². The smallest absolute Gasteiger partial charge is 0.309 e. The minimum atomic E-state index is -0.277. The molecule has 4 aromatic rings. The molecular formula is C24H25N5O3. The van der Waals surface area contributed by atoms with Crippen LogP contribution in [0.1, 0.15) is 32.4 Å². The largest absolute Gasteiger partial charge is 0.483 e. The Balaban J connectivity index is 1.82. The minimum Gasteiger partial charge on any atom is -0.483 e. The van der Waals surface area contributed by atoms with Crippen LogP contribution in [0.25, 0.3) is 22.2 Å². The van der Waals surface area contributed by atoms with Gasteiger partial charge in [0.05, 0.1) is 23.4 Å². The van der Waals surface area contributed by atoms with E-state index in [1.54, 1.807) is 12.3 Å². The molecule has 0 saturated carbocycles. The van der Waals surface area contributed by atoms with Gasteiger partial charge in [-0.25, -0.2) is 9.67 Å². The number of rotatable bonds is 6. The number of nitrogens with zero attached hydrogens (tertiary/aromatic N) is 4. The second kappa shape index (κ2) is 8.66. The van der Waals surface area contributed by atoms with E-state index in [0.717, 1.165) is 22.0 Å². The summed E-state index contributed by atoms with van der Waals surface area (Å²) in [5.74, 6) is 0.494. The Kier molecular flexibility index (Phi) is 5.77. The Hall–Kier alpha value is -3.94. The van der Waals surface area contributed by atoms with E-state index >= 15 is 0 Å². The zero-order valence-electron chi connectivity index (χ0n) is 18.5. The Bertz CT molecular complexity index is 1340. The van der Waals surface area contributed by atoms with Gasteiger partial charge < -0.3 is 14.6 Å². The van der Waals surface area contributed by atoms with Gasteiger partial charge in [-0.05, 0) is 25.5 Å². The van der Waals surface area contributed by atoms with Crippen LogP contribution in [0.5, 0.6) is 5.75 Å². The first-order valence-electron chi connectivity index (χ1n) is 10.4. The van der Waals surface area contributed by atoms with E-state index in [4.69, 9.17) is 4.74 Å². The van der Waals surface area contributed by atoms with Crippen LogP contribution in [0.3, 0.4) is 0 Å². The highest BCUT2D eigenvalue weighted by atomic mass is 16.5. The summed E-state index contributed by atoms with van der Waals surface area (Å²) in [6.07, 6.45) is 3.64. The zero-order valence-corrected chi connectivity index (χ0v) is 18.5. The van der Waals surface area contributed by atoms with Crippen LogP contribution in [0.2, 0.25) is 0 Å². The summed E-state index contributed by atoms with van der Waals surface area (Å²) in [7, 11) is 1.91. The van der Waals surface area contributed by atoms with Crippen molar-refractivity contribution in [2.75, 3.05) is 5.32 Å². The molecule has 0 fully saturated rings. The lowest BCUT2D eigenvalue weighted by Gasteiger charge is -2.14. The van der Waals surface area contributed by atoms with Gasteiger partial charge in [0.15, 0.2) is 5.75 Å². The van der Waals surface area contributed by atoms with Crippen LogP contribution >= 0.6 is 0 Å². The van der Waals surface area contributed by atoms with Gasteiger partial charge in [0.25, 0.3) is 0 Å². The average molecular weight is 431 g/mol. The molecule has 8 heteroatoms. The molecule has 0 aliphatic rings. The third-order valence-electron chi connectivity index (χ3n) is 5.08. The van der Waals surface area contributed by atoms with Crippen molar-refractivity contribution in [1.82, 2.24) is 19.3 Å². The molecule has 3 heterocycles. The SMILES string of the molecule is CC(=O)Nc1cc2c(-c3cc(OCc4ccccc4)c(=O)n(C(C)C)n3)cn(C)c2cn1. The van der Waals surface area contributed by atoms with E-state index in [9.17, 15) is 9.59 Å². The van der Waals surface area contributed by atoms with Crippen LogP contribution in [0, 0.1) is 0 Å². The van der Waals surface area contributed by atoms with E-state index in [-0.39, 0.29) is 29.9 Å². The van der Waals surface area contributed by atoms with E-state index in [1.165, 1.54) is 11.6 Å². The minimum absolute atomic E-state index is 0.145. The maximum Gasteiger partial charge on any atom is 0.309 e. The van der Waals surface area contributed by atoms with E-state index in [2.05, 4.69) is 15.4 Å². The first-order valence-corrected chi connectivity index (χ1v) is 10.4. The van der Waals surface area contributed by atoms with Crippen molar-refractivity contribution in [3.63, 3.8) is 0 Å². The summed E-state index contributed by atoms with van der Waals surface area (Å²) in [4.78, 5) is 28.8. The predicted molar refractivity (Wildman–Crippen MR) is 124 cm³/mol. The summed E-state index contributed by atoms with van der Waals surface area (Å²) in [6, 6.07) is 13.0. The van der Waals surface area contributed by atoms with Gasteiger partial charge in [-0.15, -0.1) is 0 Å². The van der Waals surface area contributed by atoms with E-state index in [1.807, 2.05) is 68.1 Å². The highest BCUT2D eigenvalue weighted by Gasteiger charge is 2.17. The molecule has 1 aromatic carbocycles. The molecule has 0 unspecified atom stereocenters. The van der Waals surface area contributed by atoms with Gasteiger partial charge in [-0.3, -0.25) is 9.59 Å². The molecule has 1 N–H and O–H groups in total. The van der Waals surface area contributed by atoms with Crippen molar-refractivity contribution >= 4 is 22.6 Å². The van der Waals surface area contributed by atoms with Crippen LogP contribution in [0.4, 0.5) is 5.82 Å². The number of carbonyl (C=O) groups is 1. The molecule has 0 aliphatic heterocycles. The van der Waals surface area contributed by atoms with Gasteiger partial charge in [0, 0.05) is 37.2 Å². The fraction of sp³-hybridized carbons (Fsp3) is 0.250. The van der Waals surface area contributed by atoms with Crippen molar-refractivity contribution in [1.29, 1.82) is 0 Å². The number of ether oxygens (including phenoxy) is 1. The summed E-state index contributed by atoms with van der Waals surface area (Å²) >= 11 is 0. The second-order valence-electron chi connectivity index (χ2n) is 7.93. The number of amides is 1. The van der Waals surface area contributed by atoms with Crippen LogP contribution in [-0.4, -0.2) is 25.2 Å². The molecule has 164 valence electrons.